The Balaban J connectivity index is 0.000000330. The third kappa shape index (κ3) is 8.30. The molecule has 0 spiro atoms. The molecule has 5 N–H and O–H groups in total. The molecule has 0 heterocycles. The maximum atomic E-state index is 10.1. The van der Waals surface area contributed by atoms with Crippen LogP contribution in [0.1, 0.15) is 97.1 Å². The van der Waals surface area contributed by atoms with Gasteiger partial charge >= 0.3 is 0 Å². The summed E-state index contributed by atoms with van der Waals surface area (Å²) in [5, 5.41) is 49.8. The Morgan fingerprint density at radius 2 is 0.500 bits per heavy atom. The zero-order chi connectivity index (χ0) is 25.3. The Kier molecular flexibility index (Phi) is 8.16. The van der Waals surface area contributed by atoms with Crippen molar-refractivity contribution in [2.24, 2.45) is 0 Å². The van der Waals surface area contributed by atoms with E-state index in [9.17, 15) is 25.5 Å². The van der Waals surface area contributed by atoms with Crippen LogP contribution in [0.2, 0.25) is 0 Å². The van der Waals surface area contributed by atoms with Crippen LogP contribution < -0.4 is 0 Å². The highest BCUT2D eigenvalue weighted by atomic mass is 16.3. The van der Waals surface area contributed by atoms with Gasteiger partial charge in [0.25, 0.3) is 0 Å². The van der Waals surface area contributed by atoms with Gasteiger partial charge in [-0.1, -0.05) is 42.5 Å². The van der Waals surface area contributed by atoms with E-state index in [1.54, 1.807) is 87.4 Å². The second-order valence-electron chi connectivity index (χ2n) is 11.2. The predicted molar refractivity (Wildman–Crippen MR) is 129 cm³/mol. The molecule has 0 atom stereocenters. The molecule has 2 aromatic rings. The zero-order valence-corrected chi connectivity index (χ0v) is 21.3. The molecule has 0 saturated carbocycles. The van der Waals surface area contributed by atoms with E-state index in [-0.39, 0.29) is 0 Å². The SMILES string of the molecule is CC(C)(O)c1cc(C(C)(C)O)cc(C(C)(C)O)c1.CC(C)(O)c1ccc(C(C)(C)O)cc1. The fraction of sp³-hybridized carbons (Fsp3) is 0.556. The Labute approximate surface area is 193 Å². The Bertz CT molecular complexity index is 767. The summed E-state index contributed by atoms with van der Waals surface area (Å²) in [6.07, 6.45) is 0. The fourth-order valence-electron chi connectivity index (χ4n) is 2.97. The van der Waals surface area contributed by atoms with Crippen LogP contribution in [-0.2, 0) is 28.0 Å². The molecule has 2 rings (SSSR count). The van der Waals surface area contributed by atoms with Crippen LogP contribution in [-0.4, -0.2) is 25.5 Å². The fourth-order valence-corrected chi connectivity index (χ4v) is 2.97. The van der Waals surface area contributed by atoms with Gasteiger partial charge in [-0.15, -0.1) is 0 Å². The highest BCUT2D eigenvalue weighted by Gasteiger charge is 2.26. The van der Waals surface area contributed by atoms with Crippen molar-refractivity contribution in [1.82, 2.24) is 0 Å². The molecule has 0 aliphatic rings. The topological polar surface area (TPSA) is 101 Å². The first-order valence-corrected chi connectivity index (χ1v) is 10.9. The van der Waals surface area contributed by atoms with Gasteiger partial charge < -0.3 is 25.5 Å². The normalized spacial score (nSPS) is 13.5. The van der Waals surface area contributed by atoms with Gasteiger partial charge in [0.1, 0.15) is 0 Å². The molecule has 5 heteroatoms. The van der Waals surface area contributed by atoms with Gasteiger partial charge in [0.15, 0.2) is 0 Å². The van der Waals surface area contributed by atoms with Crippen LogP contribution in [0.25, 0.3) is 0 Å². The average molecular weight is 447 g/mol. The number of hydrogen-bond donors (Lipinski definition) is 5. The van der Waals surface area contributed by atoms with Crippen LogP contribution in [0, 0.1) is 0 Å². The summed E-state index contributed by atoms with van der Waals surface area (Å²) < 4.78 is 0. The number of benzene rings is 2. The molecule has 0 amide bonds. The Hall–Kier alpha value is -1.76. The Morgan fingerprint density at radius 3 is 0.625 bits per heavy atom. The first-order valence-electron chi connectivity index (χ1n) is 10.9. The van der Waals surface area contributed by atoms with E-state index in [0.717, 1.165) is 11.1 Å². The van der Waals surface area contributed by atoms with Crippen LogP contribution in [0.4, 0.5) is 0 Å². The van der Waals surface area contributed by atoms with Gasteiger partial charge in [-0.2, -0.15) is 0 Å². The summed E-state index contributed by atoms with van der Waals surface area (Å²) in [5.41, 5.74) is -0.936. The average Bonchev–Trinajstić information content (AvgIpc) is 2.58. The van der Waals surface area contributed by atoms with Gasteiger partial charge in [-0.3, -0.25) is 0 Å². The maximum absolute atomic E-state index is 10.1. The molecule has 0 bridgehead atoms. The molecular formula is C27H42O5. The minimum Gasteiger partial charge on any atom is -0.386 e. The summed E-state index contributed by atoms with van der Waals surface area (Å²) in [6.45, 7) is 17.1. The first kappa shape index (κ1) is 28.3. The molecule has 180 valence electrons. The van der Waals surface area contributed by atoms with Crippen LogP contribution >= 0.6 is 0 Å². The van der Waals surface area contributed by atoms with Crippen molar-refractivity contribution in [2.75, 3.05) is 0 Å². The number of rotatable bonds is 5. The zero-order valence-electron chi connectivity index (χ0n) is 21.3. The van der Waals surface area contributed by atoms with Crippen molar-refractivity contribution >= 4 is 0 Å². The first-order chi connectivity index (χ1) is 14.0. The van der Waals surface area contributed by atoms with Gasteiger partial charge in [-0.25, -0.2) is 0 Å². The molecule has 0 radical (unpaired) electrons. The van der Waals surface area contributed by atoms with Crippen molar-refractivity contribution in [2.45, 2.75) is 97.2 Å². The summed E-state index contributed by atoms with van der Waals surface area (Å²) >= 11 is 0. The lowest BCUT2D eigenvalue weighted by Crippen LogP contribution is -2.24. The van der Waals surface area contributed by atoms with Crippen molar-refractivity contribution in [3.05, 3.63) is 70.3 Å². The minimum atomic E-state index is -1.01. The second kappa shape index (κ2) is 9.24. The molecule has 0 saturated heterocycles. The summed E-state index contributed by atoms with van der Waals surface area (Å²) in [5.74, 6) is 0. The summed E-state index contributed by atoms with van der Waals surface area (Å²) in [6, 6.07) is 12.7. The smallest absolute Gasteiger partial charge is 0.0840 e. The van der Waals surface area contributed by atoms with E-state index < -0.39 is 28.0 Å². The van der Waals surface area contributed by atoms with E-state index in [1.165, 1.54) is 0 Å². The van der Waals surface area contributed by atoms with Crippen molar-refractivity contribution in [1.29, 1.82) is 0 Å². The van der Waals surface area contributed by atoms with Crippen molar-refractivity contribution < 1.29 is 25.5 Å². The quantitative estimate of drug-likeness (QED) is 0.465. The van der Waals surface area contributed by atoms with Crippen molar-refractivity contribution in [3.63, 3.8) is 0 Å². The highest BCUT2D eigenvalue weighted by molar-refractivity contribution is 5.38. The Morgan fingerprint density at radius 1 is 0.344 bits per heavy atom. The van der Waals surface area contributed by atoms with E-state index in [1.807, 2.05) is 24.3 Å². The monoisotopic (exact) mass is 446 g/mol. The summed E-state index contributed by atoms with van der Waals surface area (Å²) in [4.78, 5) is 0. The largest absolute Gasteiger partial charge is 0.386 e. The predicted octanol–water partition coefficient (Wildman–Crippen LogP) is 4.51. The maximum Gasteiger partial charge on any atom is 0.0840 e. The molecule has 0 unspecified atom stereocenters. The molecule has 2 aromatic carbocycles. The molecule has 0 fully saturated rings. The molecular weight excluding hydrogens is 404 g/mol. The van der Waals surface area contributed by atoms with E-state index in [2.05, 4.69) is 0 Å². The lowest BCUT2D eigenvalue weighted by atomic mass is 9.85. The molecule has 32 heavy (non-hydrogen) atoms. The highest BCUT2D eigenvalue weighted by Crippen LogP contribution is 2.32. The lowest BCUT2D eigenvalue weighted by Gasteiger charge is -2.27. The van der Waals surface area contributed by atoms with Crippen LogP contribution in [0.5, 0.6) is 0 Å². The third-order valence-electron chi connectivity index (χ3n) is 5.35. The van der Waals surface area contributed by atoms with Gasteiger partial charge in [0, 0.05) is 0 Å². The molecule has 0 aromatic heterocycles. The molecule has 0 aliphatic carbocycles. The van der Waals surface area contributed by atoms with E-state index in [4.69, 9.17) is 0 Å². The second-order valence-corrected chi connectivity index (χ2v) is 11.2. The molecule has 0 aliphatic heterocycles. The minimum absolute atomic E-state index is 0.680. The summed E-state index contributed by atoms with van der Waals surface area (Å²) in [7, 11) is 0. The standard InChI is InChI=1S/C15H24O3.C12H18O2/c1-13(2,16)10-7-11(14(3,4)17)9-12(8-10)15(5,6)18;1-11(2,13)9-5-7-10(8-6-9)12(3,4)14/h7-9,16-18H,1-6H3;5-8,13-14H,1-4H3. The van der Waals surface area contributed by atoms with Crippen LogP contribution in [0.3, 0.4) is 0 Å². The van der Waals surface area contributed by atoms with Gasteiger partial charge in [0.2, 0.25) is 0 Å². The van der Waals surface area contributed by atoms with Crippen LogP contribution in [0.15, 0.2) is 42.5 Å². The molecule has 5 nitrogen and oxygen atoms in total. The van der Waals surface area contributed by atoms with Crippen molar-refractivity contribution in [3.8, 4) is 0 Å². The van der Waals surface area contributed by atoms with E-state index in [0.29, 0.717) is 16.7 Å². The van der Waals surface area contributed by atoms with E-state index >= 15 is 0 Å². The number of hydrogen-bond acceptors (Lipinski definition) is 5. The lowest BCUT2D eigenvalue weighted by molar-refractivity contribution is 0.0650. The van der Waals surface area contributed by atoms with Gasteiger partial charge in [0.05, 0.1) is 28.0 Å². The van der Waals surface area contributed by atoms with Gasteiger partial charge in [-0.05, 0) is 97.1 Å². The third-order valence-corrected chi connectivity index (χ3v) is 5.35. The number of aliphatic hydroxyl groups is 5.